The van der Waals surface area contributed by atoms with Crippen molar-refractivity contribution in [2.75, 3.05) is 109 Å². The predicted molar refractivity (Wildman–Crippen MR) is 247 cm³/mol. The number of ketones is 1. The Kier molecular flexibility index (Phi) is 27.7. The maximum Gasteiger partial charge on any atom is 0.319 e. The first-order valence-electron chi connectivity index (χ1n) is 22.5. The van der Waals surface area contributed by atoms with Gasteiger partial charge in [0.25, 0.3) is 0 Å². The molecule has 21 nitrogen and oxygen atoms in total. The number of carboxylic acids is 3. The number of carbonyl (C=O) groups excluding carboxylic acids is 6. The second-order valence-corrected chi connectivity index (χ2v) is 18.0. The van der Waals surface area contributed by atoms with E-state index in [-0.39, 0.29) is 179 Å². The average Bonchev–Trinajstić information content (AvgIpc) is 3.49. The number of Topliss-reactive ketones (excluding diaryl/α,β-unsaturated/α-hetero) is 1. The molecule has 0 aliphatic carbocycles. The number of nitrogens with zero attached hydrogens (tertiary/aromatic N) is 5. The van der Waals surface area contributed by atoms with Gasteiger partial charge >= 0.3 is 23.9 Å². The average molecular weight is 1110 g/mol. The van der Waals surface area contributed by atoms with Crippen LogP contribution in [0.3, 0.4) is 0 Å². The number of thioether (sulfide) groups is 1. The van der Waals surface area contributed by atoms with Crippen molar-refractivity contribution in [1.29, 1.82) is 0 Å². The van der Waals surface area contributed by atoms with Crippen molar-refractivity contribution in [3.8, 4) is 0 Å². The van der Waals surface area contributed by atoms with E-state index < -0.39 is 35.9 Å². The number of urea groups is 1. The molecule has 376 valence electrons. The largest absolute Gasteiger partial charge is 0.480 e. The Labute approximate surface area is 428 Å². The smallest absolute Gasteiger partial charge is 0.319 e. The van der Waals surface area contributed by atoms with Crippen molar-refractivity contribution in [2.45, 2.75) is 65.5 Å². The third-order valence-corrected chi connectivity index (χ3v) is 12.3. The minimum Gasteiger partial charge on any atom is -0.480 e. The van der Waals surface area contributed by atoms with E-state index in [9.17, 15) is 58.5 Å². The molecule has 2 aliphatic heterocycles. The van der Waals surface area contributed by atoms with Crippen LogP contribution < -0.4 is 21.3 Å². The molecule has 4 atom stereocenters. The Morgan fingerprint density at radius 2 is 1.27 bits per heavy atom. The molecular weight excluding hydrogens is 1040 g/mol. The van der Waals surface area contributed by atoms with Gasteiger partial charge in [-0.15, -0.1) is 0 Å². The number of hydrogen-bond donors (Lipinski definition) is 7. The first-order chi connectivity index (χ1) is 31.4. The number of hydrogen-bond acceptors (Lipinski definition) is 14. The number of aliphatic carboxylic acids is 3. The second kappa shape index (κ2) is 31.3. The molecule has 2 heterocycles. The van der Waals surface area contributed by atoms with E-state index in [1.807, 2.05) is 25.0 Å². The SMILES string of the molecule is CCC[C@H](C)[C@H](CC(=O)[C@H](CCSC)NC(=O)Nc1ccc(CNC(=O)CN2CCN(CC(=O)O)CCN(CC(=O)O)CCN(CC(=O)O)CC2)cc1)C(=O)NCCN1C(=O)CC(C)C1=O.[Gd]. The fourth-order valence-corrected chi connectivity index (χ4v) is 8.37. The van der Waals surface area contributed by atoms with Crippen LogP contribution in [0.2, 0.25) is 0 Å². The van der Waals surface area contributed by atoms with Crippen LogP contribution in [0.1, 0.15) is 58.4 Å². The molecule has 1 aromatic rings. The van der Waals surface area contributed by atoms with Gasteiger partial charge in [0.2, 0.25) is 23.6 Å². The zero-order valence-corrected chi connectivity index (χ0v) is 42.1. The van der Waals surface area contributed by atoms with Crippen LogP contribution >= 0.6 is 11.8 Å². The predicted octanol–water partition coefficient (Wildman–Crippen LogP) is 0.544. The molecule has 1 unspecified atom stereocenters. The molecule has 0 spiro atoms. The molecule has 2 aliphatic rings. The summed E-state index contributed by atoms with van der Waals surface area (Å²) in [5, 5.41) is 39.6. The molecule has 0 radical (unpaired) electrons. The molecule has 23 heteroatoms. The first kappa shape index (κ1) is 59.3. The van der Waals surface area contributed by atoms with E-state index >= 15 is 0 Å². The maximum atomic E-state index is 13.8. The van der Waals surface area contributed by atoms with Gasteiger partial charge in [-0.05, 0) is 42.0 Å². The number of likely N-dealkylation sites (tertiary alicyclic amines) is 1. The fraction of sp³-hybridized carbons (Fsp3) is 0.659. The van der Waals surface area contributed by atoms with E-state index in [4.69, 9.17) is 0 Å². The number of amides is 6. The Balaban J connectivity index is 0.0000154. The van der Waals surface area contributed by atoms with Crippen LogP contribution in [0.15, 0.2) is 24.3 Å². The second-order valence-electron chi connectivity index (χ2n) is 17.0. The van der Waals surface area contributed by atoms with E-state index in [1.165, 1.54) is 11.8 Å². The van der Waals surface area contributed by atoms with Crippen LogP contribution in [-0.4, -0.2) is 203 Å². The van der Waals surface area contributed by atoms with Gasteiger partial charge in [-0.3, -0.25) is 62.9 Å². The summed E-state index contributed by atoms with van der Waals surface area (Å²) in [6.45, 7) is 7.19. The molecule has 7 N–H and O–H groups in total. The van der Waals surface area contributed by atoms with E-state index in [2.05, 4.69) is 21.3 Å². The van der Waals surface area contributed by atoms with Gasteiger partial charge in [0.15, 0.2) is 5.78 Å². The van der Waals surface area contributed by atoms with Crippen molar-refractivity contribution in [1.82, 2.24) is 40.4 Å². The van der Waals surface area contributed by atoms with Crippen LogP contribution in [0.5, 0.6) is 0 Å². The van der Waals surface area contributed by atoms with Gasteiger partial charge in [-0.25, -0.2) is 4.79 Å². The standard InChI is InChI=1S/C44H69N9O12S.Gd/c1-5-6-30(2)34(42(63)45-12-13-53-38(56)23-31(3)43(53)64)24-36(54)35(11-22-66-4)48-44(65)47-33-9-7-32(8-10-33)25-46-37(55)26-49-14-16-50(27-39(57)58)18-20-52(29-41(61)62)21-19-51(17-15-49)28-40(59)60;/h7-10,30-31,34-35H,5-6,11-29H2,1-4H3,(H,45,63)(H,46,55)(H,57,58)(H,59,60)(H,61,62)(H2,47,48,65);/t30-,31?,34-,35-;/m0./s1. The van der Waals surface area contributed by atoms with Crippen LogP contribution in [0.4, 0.5) is 10.5 Å². The monoisotopic (exact) mass is 1110 g/mol. The summed E-state index contributed by atoms with van der Waals surface area (Å²) in [5.41, 5.74) is 1.15. The number of nitrogens with one attached hydrogen (secondary N) is 4. The van der Waals surface area contributed by atoms with E-state index in [0.717, 1.165) is 16.9 Å². The third kappa shape index (κ3) is 22.4. The van der Waals surface area contributed by atoms with Gasteiger partial charge in [-0.2, -0.15) is 11.8 Å². The molecule has 1 aromatic carbocycles. The van der Waals surface area contributed by atoms with Gasteiger partial charge < -0.3 is 36.6 Å². The zero-order chi connectivity index (χ0) is 48.8. The Morgan fingerprint density at radius 3 is 1.72 bits per heavy atom. The van der Waals surface area contributed by atoms with Crippen LogP contribution in [0.25, 0.3) is 0 Å². The van der Waals surface area contributed by atoms with Gasteiger partial charge in [-0.1, -0.05) is 45.7 Å². The maximum absolute atomic E-state index is 13.8. The molecule has 3 rings (SSSR count). The molecule has 67 heavy (non-hydrogen) atoms. The van der Waals surface area contributed by atoms with Gasteiger partial charge in [0.05, 0.1) is 32.2 Å². The summed E-state index contributed by atoms with van der Waals surface area (Å²) >= 11 is 1.51. The minimum absolute atomic E-state index is 0. The molecule has 0 aromatic heterocycles. The molecule has 0 bridgehead atoms. The first-order valence-corrected chi connectivity index (χ1v) is 23.9. The van der Waals surface area contributed by atoms with Crippen molar-refractivity contribution < 1.29 is 98.4 Å². The van der Waals surface area contributed by atoms with E-state index in [1.54, 1.807) is 45.9 Å². The van der Waals surface area contributed by atoms with E-state index in [0.29, 0.717) is 37.4 Å². The normalized spacial score (nSPS) is 18.3. The van der Waals surface area contributed by atoms with Crippen LogP contribution in [-0.2, 0) is 44.9 Å². The summed E-state index contributed by atoms with van der Waals surface area (Å²) in [7, 11) is 0. The van der Waals surface area contributed by atoms with Crippen molar-refractivity contribution in [3.63, 3.8) is 0 Å². The quantitative estimate of drug-likeness (QED) is 0.0659. The van der Waals surface area contributed by atoms with Gasteiger partial charge in [0, 0.05) is 142 Å². The number of rotatable bonds is 25. The topological polar surface area (TPSA) is 279 Å². The van der Waals surface area contributed by atoms with Crippen molar-refractivity contribution in [2.24, 2.45) is 17.8 Å². The molecule has 6 amide bonds. The molecule has 2 saturated heterocycles. The Bertz CT molecular complexity index is 1800. The number of benzene rings is 1. The van der Waals surface area contributed by atoms with Crippen LogP contribution in [0, 0.1) is 57.7 Å². The van der Waals surface area contributed by atoms with Crippen molar-refractivity contribution in [3.05, 3.63) is 29.8 Å². The Morgan fingerprint density at radius 1 is 0.761 bits per heavy atom. The number of carboxylic acid groups (broad SMARTS) is 3. The van der Waals surface area contributed by atoms with Gasteiger partial charge in [0.1, 0.15) is 0 Å². The summed E-state index contributed by atoms with van der Waals surface area (Å²) < 4.78 is 0. The fourth-order valence-electron chi connectivity index (χ4n) is 7.90. The summed E-state index contributed by atoms with van der Waals surface area (Å²) in [4.78, 5) is 121. The number of carbonyl (C=O) groups is 9. The molecule has 2 fully saturated rings. The number of anilines is 1. The van der Waals surface area contributed by atoms with Crippen molar-refractivity contribution >= 4 is 70.8 Å². The molecular formula is C44H69GdN9O12S. The summed E-state index contributed by atoms with van der Waals surface area (Å²) in [6.07, 6.45) is 3.75. The summed E-state index contributed by atoms with van der Waals surface area (Å²) in [5.74, 6) is -5.28. The zero-order valence-electron chi connectivity index (χ0n) is 39.0. The minimum atomic E-state index is -1.05. The Hall–Kier alpha value is -3.84. The molecule has 0 saturated carbocycles. The number of imide groups is 1. The summed E-state index contributed by atoms with van der Waals surface area (Å²) in [6, 6.07) is 5.26. The third-order valence-electron chi connectivity index (χ3n) is 11.7.